The number of aliphatic carboxylic acids is 1. The summed E-state index contributed by atoms with van der Waals surface area (Å²) >= 11 is 0. The molecule has 1 heterocycles. The van der Waals surface area contributed by atoms with Gasteiger partial charge in [-0.2, -0.15) is 13.2 Å². The van der Waals surface area contributed by atoms with Gasteiger partial charge in [-0.3, -0.25) is 4.79 Å². The van der Waals surface area contributed by atoms with Gasteiger partial charge in [-0.25, -0.2) is 4.39 Å². The molecule has 0 radical (unpaired) electrons. The summed E-state index contributed by atoms with van der Waals surface area (Å²) in [6.07, 6.45) is 11.5. The molecular formula is C29H38F4N2O2. The van der Waals surface area contributed by atoms with Crippen LogP contribution in [0.15, 0.2) is 36.5 Å². The second-order valence-electron chi connectivity index (χ2n) is 10.9. The van der Waals surface area contributed by atoms with Crippen molar-refractivity contribution in [3.63, 3.8) is 0 Å². The average molecular weight is 523 g/mol. The minimum absolute atomic E-state index is 0.0196. The Hall–Kier alpha value is -2.35. The number of aromatic nitrogens is 1. The number of benzene rings is 1. The van der Waals surface area contributed by atoms with Crippen molar-refractivity contribution >= 4 is 5.97 Å². The SMILES string of the molecule is C1CCC(NC2CCCCC2)CC1.O=C(O)CCc1cc(C2(C(F)(F)F)CC2)n(-c2cccc(F)c2)c1. The molecular weight excluding hydrogens is 484 g/mol. The van der Waals surface area contributed by atoms with Crippen LogP contribution >= 0.6 is 0 Å². The Morgan fingerprint density at radius 3 is 2.05 bits per heavy atom. The van der Waals surface area contributed by atoms with Gasteiger partial charge in [0.15, 0.2) is 0 Å². The monoisotopic (exact) mass is 522 g/mol. The molecule has 0 saturated heterocycles. The fourth-order valence-corrected chi connectivity index (χ4v) is 5.80. The van der Waals surface area contributed by atoms with E-state index in [1.54, 1.807) is 0 Å². The van der Waals surface area contributed by atoms with Gasteiger partial charge in [0.25, 0.3) is 0 Å². The van der Waals surface area contributed by atoms with Gasteiger partial charge in [-0.05, 0) is 74.8 Å². The number of rotatable bonds is 7. The highest BCUT2D eigenvalue weighted by atomic mass is 19.4. The maximum atomic E-state index is 13.5. The van der Waals surface area contributed by atoms with Crippen LogP contribution in [0.4, 0.5) is 17.6 Å². The van der Waals surface area contributed by atoms with Gasteiger partial charge in [0.2, 0.25) is 0 Å². The van der Waals surface area contributed by atoms with Gasteiger partial charge in [0.05, 0.1) is 0 Å². The summed E-state index contributed by atoms with van der Waals surface area (Å²) in [4.78, 5) is 10.7. The fourth-order valence-electron chi connectivity index (χ4n) is 5.80. The lowest BCUT2D eigenvalue weighted by molar-refractivity contribution is -0.161. The van der Waals surface area contributed by atoms with E-state index in [2.05, 4.69) is 5.32 Å². The van der Waals surface area contributed by atoms with E-state index in [9.17, 15) is 22.4 Å². The molecule has 2 aromatic rings. The minimum atomic E-state index is -4.40. The molecule has 3 saturated carbocycles. The van der Waals surface area contributed by atoms with E-state index in [-0.39, 0.29) is 31.4 Å². The summed E-state index contributed by atoms with van der Waals surface area (Å²) in [5.74, 6) is -1.57. The maximum absolute atomic E-state index is 13.5. The van der Waals surface area contributed by atoms with Gasteiger partial charge in [0.1, 0.15) is 11.2 Å². The molecule has 2 N–H and O–H groups in total. The minimum Gasteiger partial charge on any atom is -0.481 e. The predicted molar refractivity (Wildman–Crippen MR) is 136 cm³/mol. The number of nitrogens with zero attached hydrogens (tertiary/aromatic N) is 1. The molecule has 3 fully saturated rings. The van der Waals surface area contributed by atoms with E-state index in [1.165, 1.54) is 99.2 Å². The van der Waals surface area contributed by atoms with E-state index in [0.717, 1.165) is 18.2 Å². The molecule has 0 unspecified atom stereocenters. The summed E-state index contributed by atoms with van der Waals surface area (Å²) in [6.45, 7) is 0. The Labute approximate surface area is 216 Å². The van der Waals surface area contributed by atoms with Gasteiger partial charge >= 0.3 is 12.1 Å². The van der Waals surface area contributed by atoms with E-state index in [0.29, 0.717) is 11.3 Å². The van der Waals surface area contributed by atoms with Crippen molar-refractivity contribution in [1.29, 1.82) is 0 Å². The lowest BCUT2D eigenvalue weighted by Gasteiger charge is -2.30. The molecule has 3 aliphatic rings. The van der Waals surface area contributed by atoms with Crippen molar-refractivity contribution in [3.05, 3.63) is 53.6 Å². The number of halogens is 4. The number of hydrogen-bond acceptors (Lipinski definition) is 2. The third kappa shape index (κ3) is 7.15. The van der Waals surface area contributed by atoms with Gasteiger partial charge in [-0.1, -0.05) is 44.6 Å². The summed E-state index contributed by atoms with van der Waals surface area (Å²) in [7, 11) is 0. The van der Waals surface area contributed by atoms with Crippen molar-refractivity contribution in [1.82, 2.24) is 9.88 Å². The quantitative estimate of drug-likeness (QED) is 0.371. The molecule has 1 aromatic heterocycles. The molecule has 37 heavy (non-hydrogen) atoms. The number of nitrogens with one attached hydrogen (secondary N) is 1. The average Bonchev–Trinajstić information content (AvgIpc) is 3.58. The first-order valence-electron chi connectivity index (χ1n) is 13.7. The summed E-state index contributed by atoms with van der Waals surface area (Å²) in [5, 5.41) is 12.6. The number of aryl methyl sites for hydroxylation is 1. The molecule has 8 heteroatoms. The normalized spacial score (nSPS) is 20.2. The highest BCUT2D eigenvalue weighted by molar-refractivity contribution is 5.67. The van der Waals surface area contributed by atoms with Crippen LogP contribution in [0, 0.1) is 5.82 Å². The van der Waals surface area contributed by atoms with Crippen LogP contribution in [0.3, 0.4) is 0 Å². The molecule has 0 amide bonds. The number of carboxylic acids is 1. The zero-order chi connectivity index (χ0) is 26.5. The second kappa shape index (κ2) is 12.0. The number of hydrogen-bond donors (Lipinski definition) is 2. The topological polar surface area (TPSA) is 54.3 Å². The molecule has 0 atom stereocenters. The van der Waals surface area contributed by atoms with Crippen LogP contribution in [0.25, 0.3) is 5.69 Å². The van der Waals surface area contributed by atoms with Crippen LogP contribution in [-0.2, 0) is 16.6 Å². The second-order valence-corrected chi connectivity index (χ2v) is 10.9. The summed E-state index contributed by atoms with van der Waals surface area (Å²) < 4.78 is 55.3. The smallest absolute Gasteiger partial charge is 0.399 e. The third-order valence-electron chi connectivity index (χ3n) is 8.06. The Bertz CT molecular complexity index is 1020. The molecule has 5 rings (SSSR count). The zero-order valence-electron chi connectivity index (χ0n) is 21.3. The highest BCUT2D eigenvalue weighted by Gasteiger charge is 2.65. The van der Waals surface area contributed by atoms with Crippen LogP contribution in [-0.4, -0.2) is 33.9 Å². The van der Waals surface area contributed by atoms with Gasteiger partial charge in [0, 0.05) is 36.1 Å². The number of carboxylic acid groups (broad SMARTS) is 1. The Kier molecular flexibility index (Phi) is 8.98. The number of alkyl halides is 3. The van der Waals surface area contributed by atoms with Gasteiger partial charge < -0.3 is 15.0 Å². The Morgan fingerprint density at radius 2 is 1.57 bits per heavy atom. The van der Waals surface area contributed by atoms with E-state index >= 15 is 0 Å². The van der Waals surface area contributed by atoms with Gasteiger partial charge in [-0.15, -0.1) is 0 Å². The summed E-state index contributed by atoms with van der Waals surface area (Å²) in [5.41, 5.74) is -1.10. The van der Waals surface area contributed by atoms with Crippen LogP contribution < -0.4 is 5.32 Å². The lowest BCUT2D eigenvalue weighted by Crippen LogP contribution is -2.40. The molecule has 0 aliphatic heterocycles. The highest BCUT2D eigenvalue weighted by Crippen LogP contribution is 2.59. The van der Waals surface area contributed by atoms with Crippen molar-refractivity contribution in [2.24, 2.45) is 0 Å². The van der Waals surface area contributed by atoms with Crippen molar-refractivity contribution in [2.45, 2.75) is 114 Å². The zero-order valence-corrected chi connectivity index (χ0v) is 21.3. The molecule has 0 bridgehead atoms. The van der Waals surface area contributed by atoms with Crippen LogP contribution in [0.1, 0.15) is 94.7 Å². The molecule has 3 aliphatic carbocycles. The molecule has 4 nitrogen and oxygen atoms in total. The predicted octanol–water partition coefficient (Wildman–Crippen LogP) is 7.47. The fraction of sp³-hybridized carbons (Fsp3) is 0.621. The first-order chi connectivity index (χ1) is 17.7. The largest absolute Gasteiger partial charge is 0.481 e. The standard InChI is InChI=1S/C17H15F4NO2.C12H23N/c18-12-2-1-3-13(9-12)22-10-11(4-5-15(23)24)8-14(22)16(6-7-16)17(19,20)21;1-3-7-11(8-4-1)13-12-9-5-2-6-10-12/h1-3,8-10H,4-7H2,(H,23,24);11-13H,1-10H2. The Morgan fingerprint density at radius 1 is 0.973 bits per heavy atom. The van der Waals surface area contributed by atoms with E-state index in [1.807, 2.05) is 0 Å². The molecule has 1 aromatic carbocycles. The van der Waals surface area contributed by atoms with E-state index in [4.69, 9.17) is 5.11 Å². The van der Waals surface area contributed by atoms with Crippen LogP contribution in [0.2, 0.25) is 0 Å². The number of carbonyl (C=O) groups is 1. The lowest BCUT2D eigenvalue weighted by atomic mass is 9.91. The van der Waals surface area contributed by atoms with Crippen molar-refractivity contribution in [3.8, 4) is 5.69 Å². The maximum Gasteiger partial charge on any atom is 0.399 e. The third-order valence-corrected chi connectivity index (χ3v) is 8.06. The van der Waals surface area contributed by atoms with Crippen molar-refractivity contribution in [2.75, 3.05) is 0 Å². The molecule has 204 valence electrons. The van der Waals surface area contributed by atoms with E-state index < -0.39 is 23.4 Å². The molecule has 0 spiro atoms. The Balaban J connectivity index is 0.000000207. The first kappa shape index (κ1) is 27.7. The van der Waals surface area contributed by atoms with Crippen LogP contribution in [0.5, 0.6) is 0 Å². The van der Waals surface area contributed by atoms with Crippen molar-refractivity contribution < 1.29 is 27.5 Å². The summed E-state index contributed by atoms with van der Waals surface area (Å²) in [6, 6.07) is 8.48. The first-order valence-corrected chi connectivity index (χ1v) is 13.7.